The molecule has 1 N–H and O–H groups in total. The molecule has 4 heterocycles. The van der Waals surface area contributed by atoms with Crippen molar-refractivity contribution in [2.75, 3.05) is 26.2 Å². The van der Waals surface area contributed by atoms with Crippen LogP contribution in [0.25, 0.3) is 0 Å². The standard InChI is InChI=1S/C18H25N3O2S/c1-2-18(12-13-5-6-15(18)19-13)17(23)21-9-7-20(8-10-21)16(22)14-4-3-11-24-14/h3-4,11,13,15,19H,2,5-10,12H2,1H3/t13-,15+,18+/m0/s1. The molecule has 3 aliphatic heterocycles. The molecule has 2 amide bonds. The topological polar surface area (TPSA) is 52.7 Å². The van der Waals surface area contributed by atoms with E-state index in [9.17, 15) is 9.59 Å². The maximum Gasteiger partial charge on any atom is 0.264 e. The molecule has 24 heavy (non-hydrogen) atoms. The van der Waals surface area contributed by atoms with Crippen molar-refractivity contribution in [3.05, 3.63) is 22.4 Å². The first-order valence-corrected chi connectivity index (χ1v) is 9.90. The average Bonchev–Trinajstić information content (AvgIpc) is 3.37. The number of thiophene rings is 1. The molecular formula is C18H25N3O2S. The van der Waals surface area contributed by atoms with Crippen LogP contribution in [-0.4, -0.2) is 59.9 Å². The lowest BCUT2D eigenvalue weighted by Gasteiger charge is -2.42. The third-order valence-corrected chi connectivity index (χ3v) is 7.02. The van der Waals surface area contributed by atoms with Crippen molar-refractivity contribution in [3.8, 4) is 0 Å². The Labute approximate surface area is 147 Å². The summed E-state index contributed by atoms with van der Waals surface area (Å²) in [6, 6.07) is 4.66. The van der Waals surface area contributed by atoms with E-state index in [0.717, 1.165) is 24.1 Å². The molecule has 0 aliphatic carbocycles. The second kappa shape index (κ2) is 6.15. The van der Waals surface area contributed by atoms with Crippen LogP contribution in [0.3, 0.4) is 0 Å². The molecule has 0 aromatic carbocycles. The molecule has 3 fully saturated rings. The van der Waals surface area contributed by atoms with Crippen molar-refractivity contribution in [2.24, 2.45) is 5.41 Å². The highest BCUT2D eigenvalue weighted by atomic mass is 32.1. The molecule has 0 unspecified atom stereocenters. The van der Waals surface area contributed by atoms with Crippen molar-refractivity contribution >= 4 is 23.2 Å². The van der Waals surface area contributed by atoms with Gasteiger partial charge >= 0.3 is 0 Å². The van der Waals surface area contributed by atoms with Crippen LogP contribution < -0.4 is 5.32 Å². The van der Waals surface area contributed by atoms with E-state index in [1.165, 1.54) is 17.8 Å². The van der Waals surface area contributed by atoms with E-state index in [0.29, 0.717) is 44.2 Å². The highest BCUT2D eigenvalue weighted by molar-refractivity contribution is 7.12. The number of hydrogen-bond acceptors (Lipinski definition) is 4. The monoisotopic (exact) mass is 347 g/mol. The van der Waals surface area contributed by atoms with Gasteiger partial charge in [0.15, 0.2) is 0 Å². The highest BCUT2D eigenvalue weighted by Crippen LogP contribution is 2.47. The molecule has 0 radical (unpaired) electrons. The molecule has 3 saturated heterocycles. The van der Waals surface area contributed by atoms with Gasteiger partial charge in [0.1, 0.15) is 0 Å². The number of fused-ring (bicyclic) bond motifs is 2. The van der Waals surface area contributed by atoms with Gasteiger partial charge in [-0.05, 0) is 37.1 Å². The molecule has 3 aliphatic rings. The fourth-order valence-electron chi connectivity index (χ4n) is 4.76. The van der Waals surface area contributed by atoms with Gasteiger partial charge in [-0.2, -0.15) is 0 Å². The van der Waals surface area contributed by atoms with Crippen molar-refractivity contribution in [1.29, 1.82) is 0 Å². The van der Waals surface area contributed by atoms with Crippen LogP contribution in [0, 0.1) is 5.41 Å². The van der Waals surface area contributed by atoms with Crippen molar-refractivity contribution < 1.29 is 9.59 Å². The number of piperazine rings is 1. The zero-order valence-electron chi connectivity index (χ0n) is 14.2. The largest absolute Gasteiger partial charge is 0.339 e. The number of carbonyl (C=O) groups is 2. The predicted octanol–water partition coefficient (Wildman–Crippen LogP) is 1.95. The summed E-state index contributed by atoms with van der Waals surface area (Å²) in [6.07, 6.45) is 4.24. The van der Waals surface area contributed by atoms with Crippen LogP contribution in [0.5, 0.6) is 0 Å². The van der Waals surface area contributed by atoms with Gasteiger partial charge in [-0.25, -0.2) is 0 Å². The molecule has 2 bridgehead atoms. The molecule has 0 spiro atoms. The zero-order chi connectivity index (χ0) is 16.7. The summed E-state index contributed by atoms with van der Waals surface area (Å²) < 4.78 is 0. The first kappa shape index (κ1) is 16.1. The van der Waals surface area contributed by atoms with Crippen LogP contribution in [0.15, 0.2) is 17.5 Å². The highest BCUT2D eigenvalue weighted by Gasteiger charge is 2.55. The second-order valence-electron chi connectivity index (χ2n) is 7.27. The van der Waals surface area contributed by atoms with E-state index in [1.54, 1.807) is 0 Å². The lowest BCUT2D eigenvalue weighted by molar-refractivity contribution is -0.145. The fourth-order valence-corrected chi connectivity index (χ4v) is 5.45. The predicted molar refractivity (Wildman–Crippen MR) is 94.1 cm³/mol. The average molecular weight is 347 g/mol. The normalized spacial score (nSPS) is 32.4. The Bertz CT molecular complexity index is 624. The molecule has 6 heteroatoms. The lowest BCUT2D eigenvalue weighted by Crippen LogP contribution is -2.56. The summed E-state index contributed by atoms with van der Waals surface area (Å²) in [4.78, 5) is 30.3. The zero-order valence-corrected chi connectivity index (χ0v) is 15.0. The third kappa shape index (κ3) is 2.47. The van der Waals surface area contributed by atoms with Crippen molar-refractivity contribution in [3.63, 3.8) is 0 Å². The number of nitrogens with one attached hydrogen (secondary N) is 1. The van der Waals surface area contributed by atoms with Crippen LogP contribution in [0.1, 0.15) is 42.3 Å². The Kier molecular flexibility index (Phi) is 4.12. The summed E-state index contributed by atoms with van der Waals surface area (Å²) in [5, 5.41) is 5.56. The van der Waals surface area contributed by atoms with E-state index in [4.69, 9.17) is 0 Å². The number of rotatable bonds is 3. The molecule has 1 aromatic heterocycles. The van der Waals surface area contributed by atoms with Crippen LogP contribution in [0.4, 0.5) is 0 Å². The molecule has 1 aromatic rings. The van der Waals surface area contributed by atoms with E-state index in [2.05, 4.69) is 12.2 Å². The summed E-state index contributed by atoms with van der Waals surface area (Å²) in [5.74, 6) is 0.414. The smallest absolute Gasteiger partial charge is 0.264 e. The van der Waals surface area contributed by atoms with Crippen LogP contribution >= 0.6 is 11.3 Å². The molecule has 0 saturated carbocycles. The van der Waals surface area contributed by atoms with Gasteiger partial charge < -0.3 is 15.1 Å². The van der Waals surface area contributed by atoms with E-state index >= 15 is 0 Å². The number of carbonyl (C=O) groups excluding carboxylic acids is 2. The second-order valence-corrected chi connectivity index (χ2v) is 8.22. The van der Waals surface area contributed by atoms with Gasteiger partial charge in [-0.15, -0.1) is 11.3 Å². The minimum atomic E-state index is -0.206. The fraction of sp³-hybridized carbons (Fsp3) is 0.667. The maximum atomic E-state index is 13.2. The quantitative estimate of drug-likeness (QED) is 0.909. The van der Waals surface area contributed by atoms with Crippen molar-refractivity contribution in [2.45, 2.75) is 44.7 Å². The van der Waals surface area contributed by atoms with Gasteiger partial charge in [0.25, 0.3) is 5.91 Å². The molecule has 4 rings (SSSR count). The van der Waals surface area contributed by atoms with E-state index in [1.807, 2.05) is 27.3 Å². The summed E-state index contributed by atoms with van der Waals surface area (Å²) in [6.45, 7) is 4.76. The van der Waals surface area contributed by atoms with Gasteiger partial charge in [0.2, 0.25) is 5.91 Å². The summed E-state index contributed by atoms with van der Waals surface area (Å²) in [5.41, 5.74) is -0.206. The number of hydrogen-bond donors (Lipinski definition) is 1. The Morgan fingerprint density at radius 2 is 2.00 bits per heavy atom. The summed E-state index contributed by atoms with van der Waals surface area (Å²) in [7, 11) is 0. The summed E-state index contributed by atoms with van der Waals surface area (Å²) >= 11 is 1.48. The molecule has 5 nitrogen and oxygen atoms in total. The van der Waals surface area contributed by atoms with Crippen molar-refractivity contribution in [1.82, 2.24) is 15.1 Å². The van der Waals surface area contributed by atoms with Gasteiger partial charge in [-0.3, -0.25) is 9.59 Å². The first-order valence-electron chi connectivity index (χ1n) is 9.02. The maximum absolute atomic E-state index is 13.2. The van der Waals surface area contributed by atoms with Crippen LogP contribution in [-0.2, 0) is 4.79 Å². The number of nitrogens with zero attached hydrogens (tertiary/aromatic N) is 2. The van der Waals surface area contributed by atoms with Gasteiger partial charge in [-0.1, -0.05) is 13.0 Å². The Morgan fingerprint density at radius 3 is 2.54 bits per heavy atom. The SMILES string of the molecule is CC[C@@]1(C(=O)N2CCN(C(=O)c3cccs3)CC2)C[C@@H]2CC[C@H]1N2. The van der Waals surface area contributed by atoms with Gasteiger partial charge in [0, 0.05) is 38.3 Å². The minimum Gasteiger partial charge on any atom is -0.339 e. The molecular weight excluding hydrogens is 322 g/mol. The number of amides is 2. The van der Waals surface area contributed by atoms with Crippen LogP contribution in [0.2, 0.25) is 0 Å². The first-order chi connectivity index (χ1) is 11.6. The Balaban J connectivity index is 1.40. The molecule has 130 valence electrons. The van der Waals surface area contributed by atoms with Gasteiger partial charge in [0.05, 0.1) is 10.3 Å². The van der Waals surface area contributed by atoms with E-state index in [-0.39, 0.29) is 11.3 Å². The minimum absolute atomic E-state index is 0.101. The lowest BCUT2D eigenvalue weighted by atomic mass is 9.70. The van der Waals surface area contributed by atoms with E-state index < -0.39 is 0 Å². The Hall–Kier alpha value is -1.40. The Morgan fingerprint density at radius 1 is 1.25 bits per heavy atom. The third-order valence-electron chi connectivity index (χ3n) is 6.16. The molecule has 3 atom stereocenters.